The van der Waals surface area contributed by atoms with Crippen molar-refractivity contribution in [1.82, 2.24) is 4.98 Å². The lowest BCUT2D eigenvalue weighted by molar-refractivity contribution is 1.25. The maximum atomic E-state index is 5.33. The lowest BCUT2D eigenvalue weighted by atomic mass is 9.92. The van der Waals surface area contributed by atoms with E-state index in [2.05, 4.69) is 203 Å². The summed E-state index contributed by atoms with van der Waals surface area (Å²) in [5.41, 5.74) is 15.8. The summed E-state index contributed by atoms with van der Waals surface area (Å²) in [6.07, 6.45) is 15.6. The van der Waals surface area contributed by atoms with E-state index in [-0.39, 0.29) is 0 Å². The van der Waals surface area contributed by atoms with E-state index in [1.807, 2.05) is 12.2 Å². The first-order chi connectivity index (χ1) is 26.1. The molecule has 0 spiro atoms. The van der Waals surface area contributed by atoms with E-state index in [1.54, 1.807) is 0 Å². The molecule has 0 aliphatic carbocycles. The fraction of sp³-hybridized carbons (Fsp3) is 0.0577. The van der Waals surface area contributed by atoms with Gasteiger partial charge in [-0.05, 0) is 110 Å². The molecule has 0 saturated carbocycles. The van der Waals surface area contributed by atoms with Crippen LogP contribution in [0.15, 0.2) is 177 Å². The van der Waals surface area contributed by atoms with Gasteiger partial charge in [-0.25, -0.2) is 4.98 Å². The van der Waals surface area contributed by atoms with Crippen molar-refractivity contribution in [2.45, 2.75) is 20.3 Å². The number of benzene rings is 6. The van der Waals surface area contributed by atoms with Crippen LogP contribution in [0.3, 0.4) is 0 Å². The van der Waals surface area contributed by atoms with Gasteiger partial charge in [-0.1, -0.05) is 183 Å². The van der Waals surface area contributed by atoms with Crippen LogP contribution in [0.25, 0.3) is 74.2 Å². The van der Waals surface area contributed by atoms with Crippen LogP contribution in [0.1, 0.15) is 46.0 Å². The van der Waals surface area contributed by atoms with Gasteiger partial charge in [0.05, 0.1) is 11.4 Å². The minimum absolute atomic E-state index is 0.745. The van der Waals surface area contributed by atoms with Crippen LogP contribution in [-0.2, 0) is 6.42 Å². The first-order valence-electron chi connectivity index (χ1n) is 18.2. The second-order valence-electron chi connectivity index (χ2n) is 13.2. The van der Waals surface area contributed by atoms with Gasteiger partial charge >= 0.3 is 0 Å². The van der Waals surface area contributed by atoms with E-state index in [9.17, 15) is 0 Å². The van der Waals surface area contributed by atoms with Gasteiger partial charge in [0.2, 0.25) is 0 Å². The standard InChI is InChI=1S/C52H43N/c1-5-18-42(31-32-43-34-39(6-2)46(7-3)50-28-16-15-27-49(43)50)51-35-45(40-21-9-8-10-22-40)36-52(53-51)44-24-17-20-38(33-44)29-30-41-23-12-14-26-48(41)47-25-13-11-19-37(47)4/h5-31,33-36H,2-3,32H2,1,4H3/b18-5-,30-29+,42-31+. The van der Waals surface area contributed by atoms with Gasteiger partial charge in [-0.3, -0.25) is 0 Å². The van der Waals surface area contributed by atoms with Crippen molar-refractivity contribution in [2.24, 2.45) is 0 Å². The van der Waals surface area contributed by atoms with Crippen LogP contribution in [0.5, 0.6) is 0 Å². The maximum absolute atomic E-state index is 5.33. The van der Waals surface area contributed by atoms with Crippen LogP contribution >= 0.6 is 0 Å². The molecule has 0 radical (unpaired) electrons. The van der Waals surface area contributed by atoms with Crippen molar-refractivity contribution in [3.63, 3.8) is 0 Å². The van der Waals surface area contributed by atoms with Crippen molar-refractivity contribution in [2.75, 3.05) is 0 Å². The third-order valence-corrected chi connectivity index (χ3v) is 9.78. The number of pyridine rings is 1. The maximum Gasteiger partial charge on any atom is 0.0715 e. The van der Waals surface area contributed by atoms with E-state index in [4.69, 9.17) is 4.98 Å². The Hall–Kier alpha value is -6.57. The quantitative estimate of drug-likeness (QED) is 0.0978. The van der Waals surface area contributed by atoms with Crippen LogP contribution in [0, 0.1) is 6.92 Å². The van der Waals surface area contributed by atoms with Crippen molar-refractivity contribution in [1.29, 1.82) is 0 Å². The molecule has 0 saturated heterocycles. The van der Waals surface area contributed by atoms with E-state index in [0.29, 0.717) is 0 Å². The summed E-state index contributed by atoms with van der Waals surface area (Å²) in [4.78, 5) is 5.33. The Labute approximate surface area is 314 Å². The van der Waals surface area contributed by atoms with E-state index < -0.39 is 0 Å². The summed E-state index contributed by atoms with van der Waals surface area (Å²) in [5.74, 6) is 0. The molecule has 0 amide bonds. The zero-order valence-electron chi connectivity index (χ0n) is 30.5. The topological polar surface area (TPSA) is 12.9 Å². The van der Waals surface area contributed by atoms with Crippen LogP contribution < -0.4 is 0 Å². The van der Waals surface area contributed by atoms with Crippen LogP contribution in [0.2, 0.25) is 0 Å². The molecule has 6 aromatic carbocycles. The molecule has 53 heavy (non-hydrogen) atoms. The molecular formula is C52H43N. The minimum Gasteiger partial charge on any atom is -0.248 e. The Bertz CT molecular complexity index is 2530. The average molecular weight is 682 g/mol. The molecule has 1 nitrogen and oxygen atoms in total. The normalized spacial score (nSPS) is 11.8. The second kappa shape index (κ2) is 16.2. The third-order valence-electron chi connectivity index (χ3n) is 9.78. The van der Waals surface area contributed by atoms with Gasteiger partial charge in [0, 0.05) is 5.56 Å². The fourth-order valence-corrected chi connectivity index (χ4v) is 7.09. The highest BCUT2D eigenvalue weighted by Gasteiger charge is 2.12. The number of rotatable bonds is 11. The molecule has 1 heterocycles. The molecule has 0 bridgehead atoms. The predicted octanol–water partition coefficient (Wildman–Crippen LogP) is 14.2. The van der Waals surface area contributed by atoms with E-state index in [0.717, 1.165) is 56.8 Å². The molecular weight excluding hydrogens is 639 g/mol. The molecule has 7 aromatic rings. The number of allylic oxidation sites excluding steroid dienone is 4. The molecule has 0 unspecified atom stereocenters. The Kier molecular flexibility index (Phi) is 10.6. The van der Waals surface area contributed by atoms with Gasteiger partial charge in [-0.2, -0.15) is 0 Å². The lowest BCUT2D eigenvalue weighted by Crippen LogP contribution is -1.96. The molecule has 7 rings (SSSR count). The highest BCUT2D eigenvalue weighted by atomic mass is 14.7. The molecule has 0 aliphatic heterocycles. The van der Waals surface area contributed by atoms with Gasteiger partial charge in [-0.15, -0.1) is 0 Å². The average Bonchev–Trinajstić information content (AvgIpc) is 3.21. The number of hydrogen-bond acceptors (Lipinski definition) is 1. The summed E-state index contributed by atoms with van der Waals surface area (Å²) in [6.45, 7) is 12.4. The monoisotopic (exact) mass is 681 g/mol. The molecule has 1 aromatic heterocycles. The number of hydrogen-bond donors (Lipinski definition) is 0. The summed E-state index contributed by atoms with van der Waals surface area (Å²) < 4.78 is 0. The highest BCUT2D eigenvalue weighted by molar-refractivity contribution is 5.96. The molecule has 0 N–H and O–H groups in total. The van der Waals surface area contributed by atoms with Crippen molar-refractivity contribution in [3.05, 3.63) is 216 Å². The largest absolute Gasteiger partial charge is 0.248 e. The number of fused-ring (bicyclic) bond motifs is 1. The Balaban J connectivity index is 1.29. The lowest BCUT2D eigenvalue weighted by Gasteiger charge is -2.13. The number of nitrogens with zero attached hydrogens (tertiary/aromatic N) is 1. The van der Waals surface area contributed by atoms with Crippen LogP contribution in [-0.4, -0.2) is 4.98 Å². The molecule has 0 aliphatic rings. The van der Waals surface area contributed by atoms with Crippen molar-refractivity contribution < 1.29 is 0 Å². The fourth-order valence-electron chi connectivity index (χ4n) is 7.09. The van der Waals surface area contributed by atoms with Crippen molar-refractivity contribution >= 4 is 40.6 Å². The summed E-state index contributed by atoms with van der Waals surface area (Å²) in [5, 5.41) is 2.41. The first kappa shape index (κ1) is 34.9. The van der Waals surface area contributed by atoms with Gasteiger partial charge < -0.3 is 0 Å². The summed E-state index contributed by atoms with van der Waals surface area (Å²) in [7, 11) is 0. The van der Waals surface area contributed by atoms with E-state index >= 15 is 0 Å². The Morgan fingerprint density at radius 1 is 0.604 bits per heavy atom. The minimum atomic E-state index is 0.745. The summed E-state index contributed by atoms with van der Waals surface area (Å²) >= 11 is 0. The Morgan fingerprint density at radius 3 is 2.09 bits per heavy atom. The highest BCUT2D eigenvalue weighted by Crippen LogP contribution is 2.33. The zero-order valence-corrected chi connectivity index (χ0v) is 30.5. The predicted molar refractivity (Wildman–Crippen MR) is 231 cm³/mol. The molecule has 256 valence electrons. The second-order valence-corrected chi connectivity index (χ2v) is 13.2. The molecule has 0 fully saturated rings. The smallest absolute Gasteiger partial charge is 0.0715 e. The number of aryl methyl sites for hydroxylation is 1. The van der Waals surface area contributed by atoms with Gasteiger partial charge in [0.1, 0.15) is 0 Å². The van der Waals surface area contributed by atoms with Gasteiger partial charge in [0.15, 0.2) is 0 Å². The van der Waals surface area contributed by atoms with E-state index in [1.165, 1.54) is 38.6 Å². The summed E-state index contributed by atoms with van der Waals surface area (Å²) in [6, 6.07) is 51.6. The first-order valence-corrected chi connectivity index (χ1v) is 18.2. The van der Waals surface area contributed by atoms with Gasteiger partial charge in [0.25, 0.3) is 0 Å². The van der Waals surface area contributed by atoms with Crippen molar-refractivity contribution in [3.8, 4) is 33.5 Å². The molecule has 0 atom stereocenters. The zero-order chi connectivity index (χ0) is 36.6. The third kappa shape index (κ3) is 7.71. The molecule has 1 heteroatoms. The number of aromatic nitrogens is 1. The Morgan fingerprint density at radius 2 is 1.32 bits per heavy atom. The SMILES string of the molecule is C=Cc1cc(C/C=C(\C=C/C)c2cc(-c3ccccc3)cc(-c3cccc(/C=C/c4ccccc4-c4ccccc4C)c3)n2)c2ccccc2c1C=C. The van der Waals surface area contributed by atoms with Crippen LogP contribution in [0.4, 0.5) is 0 Å².